The number of ether oxygens (including phenoxy) is 1. The van der Waals surface area contributed by atoms with Gasteiger partial charge in [0.2, 0.25) is 5.95 Å². The number of nitrogens with zero attached hydrogens (tertiary/aromatic N) is 3. The van der Waals surface area contributed by atoms with E-state index in [1.807, 2.05) is 0 Å². The number of morpholine rings is 1. The second-order valence-corrected chi connectivity index (χ2v) is 5.76. The second kappa shape index (κ2) is 7.63. The molecule has 0 amide bonds. The normalized spacial score (nSPS) is 16.2. The summed E-state index contributed by atoms with van der Waals surface area (Å²) in [5, 5.41) is 3.16. The Morgan fingerprint density at radius 1 is 1.21 bits per heavy atom. The molecule has 0 aliphatic carbocycles. The maximum atomic E-state index is 13.8. The predicted octanol–water partition coefficient (Wildman–Crippen LogP) is 2.44. The molecular weight excluding hydrogens is 314 g/mol. The van der Waals surface area contributed by atoms with Crippen LogP contribution >= 0.6 is 0 Å². The van der Waals surface area contributed by atoms with E-state index in [0.29, 0.717) is 31.3 Å². The van der Waals surface area contributed by atoms with Crippen molar-refractivity contribution in [3.8, 4) is 0 Å². The second-order valence-electron chi connectivity index (χ2n) is 5.76. The van der Waals surface area contributed by atoms with E-state index in [9.17, 15) is 8.78 Å². The summed E-state index contributed by atoms with van der Waals surface area (Å²) >= 11 is 0. The van der Waals surface area contributed by atoms with Crippen molar-refractivity contribution in [2.24, 2.45) is 0 Å². The van der Waals surface area contributed by atoms with Crippen molar-refractivity contribution in [2.45, 2.75) is 19.5 Å². The number of aromatic nitrogens is 2. The van der Waals surface area contributed by atoms with Crippen molar-refractivity contribution in [1.29, 1.82) is 0 Å². The standard InChI is InChI=1S/C17H20F2N4O/c1-12(15-8-14(18)2-3-16(15)19)20-9-13-10-21-17(22-11-13)23-4-6-24-7-5-23/h2-3,8,10-12,20H,4-7,9H2,1H3/t12-/m0/s1. The number of hydrogen-bond acceptors (Lipinski definition) is 5. The fraction of sp³-hybridized carbons (Fsp3) is 0.412. The average molecular weight is 334 g/mol. The lowest BCUT2D eigenvalue weighted by atomic mass is 10.1. The van der Waals surface area contributed by atoms with Crippen LogP contribution in [0.3, 0.4) is 0 Å². The zero-order valence-corrected chi connectivity index (χ0v) is 13.5. The smallest absolute Gasteiger partial charge is 0.225 e. The first-order valence-electron chi connectivity index (χ1n) is 7.95. The van der Waals surface area contributed by atoms with Gasteiger partial charge in [0.1, 0.15) is 11.6 Å². The molecule has 1 aliphatic rings. The van der Waals surface area contributed by atoms with Crippen LogP contribution in [0, 0.1) is 11.6 Å². The molecule has 1 saturated heterocycles. The van der Waals surface area contributed by atoms with Gasteiger partial charge in [0.25, 0.3) is 0 Å². The molecule has 1 N–H and O–H groups in total. The Morgan fingerprint density at radius 2 is 1.92 bits per heavy atom. The van der Waals surface area contributed by atoms with Crippen molar-refractivity contribution < 1.29 is 13.5 Å². The first-order valence-corrected chi connectivity index (χ1v) is 7.95. The van der Waals surface area contributed by atoms with Gasteiger partial charge in [0.15, 0.2) is 0 Å². The molecular formula is C17H20F2N4O. The third-order valence-electron chi connectivity index (χ3n) is 4.02. The molecule has 128 valence electrons. The molecule has 0 saturated carbocycles. The summed E-state index contributed by atoms with van der Waals surface area (Å²) < 4.78 is 32.3. The molecule has 0 radical (unpaired) electrons. The Bertz CT molecular complexity index is 675. The van der Waals surface area contributed by atoms with E-state index in [2.05, 4.69) is 20.2 Å². The molecule has 5 nitrogen and oxygen atoms in total. The van der Waals surface area contributed by atoms with Gasteiger partial charge in [-0.05, 0) is 25.1 Å². The molecule has 2 heterocycles. The van der Waals surface area contributed by atoms with Crippen LogP contribution in [-0.2, 0) is 11.3 Å². The topological polar surface area (TPSA) is 50.3 Å². The van der Waals surface area contributed by atoms with Gasteiger partial charge in [-0.2, -0.15) is 0 Å². The summed E-state index contributed by atoms with van der Waals surface area (Å²) in [6, 6.07) is 3.15. The quantitative estimate of drug-likeness (QED) is 0.910. The van der Waals surface area contributed by atoms with Crippen molar-refractivity contribution in [3.63, 3.8) is 0 Å². The monoisotopic (exact) mass is 334 g/mol. The molecule has 1 aromatic heterocycles. The molecule has 1 aromatic carbocycles. The molecule has 3 rings (SSSR count). The Kier molecular flexibility index (Phi) is 5.32. The third-order valence-corrected chi connectivity index (χ3v) is 4.02. The minimum Gasteiger partial charge on any atom is -0.378 e. The van der Waals surface area contributed by atoms with Gasteiger partial charge < -0.3 is 15.0 Å². The van der Waals surface area contributed by atoms with E-state index in [0.717, 1.165) is 30.8 Å². The van der Waals surface area contributed by atoms with E-state index in [4.69, 9.17) is 4.74 Å². The number of anilines is 1. The summed E-state index contributed by atoms with van der Waals surface area (Å²) in [5.41, 5.74) is 1.19. The zero-order valence-electron chi connectivity index (χ0n) is 13.5. The highest BCUT2D eigenvalue weighted by molar-refractivity contribution is 5.30. The molecule has 0 unspecified atom stereocenters. The van der Waals surface area contributed by atoms with Crippen LogP contribution in [0.15, 0.2) is 30.6 Å². The number of rotatable bonds is 5. The van der Waals surface area contributed by atoms with Crippen LogP contribution < -0.4 is 10.2 Å². The van der Waals surface area contributed by atoms with Gasteiger partial charge in [-0.1, -0.05) is 0 Å². The number of nitrogens with one attached hydrogen (secondary N) is 1. The van der Waals surface area contributed by atoms with Gasteiger partial charge in [-0.15, -0.1) is 0 Å². The Labute approximate surface area is 139 Å². The maximum absolute atomic E-state index is 13.8. The van der Waals surface area contributed by atoms with Gasteiger partial charge in [0.05, 0.1) is 13.2 Å². The van der Waals surface area contributed by atoms with Crippen molar-refractivity contribution in [3.05, 3.63) is 53.4 Å². The minimum absolute atomic E-state index is 0.306. The van der Waals surface area contributed by atoms with Crippen LogP contribution in [-0.4, -0.2) is 36.3 Å². The van der Waals surface area contributed by atoms with Crippen molar-refractivity contribution in [1.82, 2.24) is 15.3 Å². The Balaban J connectivity index is 1.59. The van der Waals surface area contributed by atoms with E-state index in [1.165, 1.54) is 6.07 Å². The third kappa shape index (κ3) is 4.04. The lowest BCUT2D eigenvalue weighted by Crippen LogP contribution is -2.37. The molecule has 0 spiro atoms. The molecule has 1 fully saturated rings. The van der Waals surface area contributed by atoms with Crippen LogP contribution in [0.25, 0.3) is 0 Å². The van der Waals surface area contributed by atoms with Crippen LogP contribution in [0.1, 0.15) is 24.1 Å². The van der Waals surface area contributed by atoms with Crippen molar-refractivity contribution in [2.75, 3.05) is 31.2 Å². The lowest BCUT2D eigenvalue weighted by Gasteiger charge is -2.26. The first kappa shape index (κ1) is 16.7. The van der Waals surface area contributed by atoms with Crippen LogP contribution in [0.2, 0.25) is 0 Å². The van der Waals surface area contributed by atoms with Gasteiger partial charge in [0, 0.05) is 49.2 Å². The molecule has 1 atom stereocenters. The molecule has 2 aromatic rings. The van der Waals surface area contributed by atoms with Crippen LogP contribution in [0.5, 0.6) is 0 Å². The number of benzene rings is 1. The average Bonchev–Trinajstić information content (AvgIpc) is 2.63. The number of hydrogen-bond donors (Lipinski definition) is 1. The highest BCUT2D eigenvalue weighted by atomic mass is 19.1. The van der Waals surface area contributed by atoms with E-state index in [-0.39, 0.29) is 6.04 Å². The fourth-order valence-corrected chi connectivity index (χ4v) is 2.59. The molecule has 24 heavy (non-hydrogen) atoms. The largest absolute Gasteiger partial charge is 0.378 e. The van der Waals surface area contributed by atoms with Gasteiger partial charge in [-0.3, -0.25) is 0 Å². The molecule has 0 bridgehead atoms. The summed E-state index contributed by atoms with van der Waals surface area (Å²) in [6.45, 7) is 5.20. The summed E-state index contributed by atoms with van der Waals surface area (Å²) in [4.78, 5) is 10.8. The SMILES string of the molecule is C[C@H](NCc1cnc(N2CCOCC2)nc1)c1cc(F)ccc1F. The maximum Gasteiger partial charge on any atom is 0.225 e. The summed E-state index contributed by atoms with van der Waals surface area (Å²) in [6.07, 6.45) is 3.50. The first-order chi connectivity index (χ1) is 11.6. The lowest BCUT2D eigenvalue weighted by molar-refractivity contribution is 0.122. The van der Waals surface area contributed by atoms with E-state index < -0.39 is 11.6 Å². The van der Waals surface area contributed by atoms with Crippen LogP contribution in [0.4, 0.5) is 14.7 Å². The highest BCUT2D eigenvalue weighted by Gasteiger charge is 2.14. The minimum atomic E-state index is -0.446. The Hall–Kier alpha value is -2.12. The van der Waals surface area contributed by atoms with E-state index >= 15 is 0 Å². The van der Waals surface area contributed by atoms with Crippen molar-refractivity contribution >= 4 is 5.95 Å². The van der Waals surface area contributed by atoms with Gasteiger partial charge in [-0.25, -0.2) is 18.7 Å². The van der Waals surface area contributed by atoms with Gasteiger partial charge >= 0.3 is 0 Å². The zero-order chi connectivity index (χ0) is 16.9. The summed E-state index contributed by atoms with van der Waals surface area (Å²) in [5.74, 6) is -0.181. The molecule has 7 heteroatoms. The number of halogens is 2. The fourth-order valence-electron chi connectivity index (χ4n) is 2.59. The Morgan fingerprint density at radius 3 is 2.62 bits per heavy atom. The predicted molar refractivity (Wildman–Crippen MR) is 86.7 cm³/mol. The summed E-state index contributed by atoms with van der Waals surface area (Å²) in [7, 11) is 0. The highest BCUT2D eigenvalue weighted by Crippen LogP contribution is 2.18. The molecule has 1 aliphatic heterocycles. The van der Waals surface area contributed by atoms with E-state index in [1.54, 1.807) is 19.3 Å².